The van der Waals surface area contributed by atoms with E-state index in [4.69, 9.17) is 0 Å². The SMILES string of the molecule is C.CCCCC1CCC(CCc2ccc(C(F)(F)Oc3cc(F)c(OC(F)(F)F)c(F)c3)cc2)CC1. The molecule has 0 aliphatic heterocycles. The van der Waals surface area contributed by atoms with E-state index in [1.807, 2.05) is 0 Å². The zero-order chi connectivity index (χ0) is 25.6. The number of benzene rings is 2. The fraction of sp³-hybridized carbons (Fsp3) is 0.556. The lowest BCUT2D eigenvalue weighted by molar-refractivity contribution is -0.276. The standard InChI is InChI=1S/C26H29F7O2.CH4/c1-2-3-4-17-5-7-18(8-6-17)9-10-19-11-13-20(14-12-19)25(29,30)34-21-15-22(27)24(23(28)16-21)35-26(31,32)33;/h11-18H,2-10H2,1H3;1H4. The molecule has 0 bridgehead atoms. The van der Waals surface area contributed by atoms with Gasteiger partial charge in [-0.05, 0) is 42.4 Å². The first kappa shape index (κ1) is 29.8. The lowest BCUT2D eigenvalue weighted by Gasteiger charge is -2.28. The van der Waals surface area contributed by atoms with Crippen molar-refractivity contribution in [3.8, 4) is 11.5 Å². The summed E-state index contributed by atoms with van der Waals surface area (Å²) in [5.41, 5.74) is 0.345. The van der Waals surface area contributed by atoms with Gasteiger partial charge in [0.2, 0.25) is 5.75 Å². The molecule has 1 saturated carbocycles. The van der Waals surface area contributed by atoms with Crippen molar-refractivity contribution in [2.24, 2.45) is 11.8 Å². The molecular formula is C27H33F7O2. The molecule has 0 unspecified atom stereocenters. The molecule has 2 aromatic rings. The van der Waals surface area contributed by atoms with Crippen LogP contribution in [0.15, 0.2) is 36.4 Å². The van der Waals surface area contributed by atoms with Gasteiger partial charge in [-0.15, -0.1) is 13.2 Å². The van der Waals surface area contributed by atoms with E-state index < -0.39 is 41.2 Å². The summed E-state index contributed by atoms with van der Waals surface area (Å²) in [4.78, 5) is 0. The van der Waals surface area contributed by atoms with Crippen LogP contribution in [0.4, 0.5) is 30.7 Å². The van der Waals surface area contributed by atoms with Crippen LogP contribution in [0.3, 0.4) is 0 Å². The largest absolute Gasteiger partial charge is 0.573 e. The molecule has 3 rings (SSSR count). The highest BCUT2D eigenvalue weighted by Gasteiger charge is 2.37. The summed E-state index contributed by atoms with van der Waals surface area (Å²) in [7, 11) is 0. The number of rotatable bonds is 10. The quantitative estimate of drug-likeness (QED) is 0.289. The summed E-state index contributed by atoms with van der Waals surface area (Å²) < 4.78 is 101. The second kappa shape index (κ2) is 12.7. The first-order chi connectivity index (χ1) is 16.5. The molecule has 0 radical (unpaired) electrons. The minimum absolute atomic E-state index is 0. The summed E-state index contributed by atoms with van der Waals surface area (Å²) in [6, 6.07) is 5.88. The molecule has 0 spiro atoms. The van der Waals surface area contributed by atoms with Gasteiger partial charge in [0.05, 0.1) is 5.56 Å². The van der Waals surface area contributed by atoms with Crippen LogP contribution in [0.2, 0.25) is 0 Å². The highest BCUT2D eigenvalue weighted by molar-refractivity contribution is 5.36. The molecule has 0 N–H and O–H groups in total. The molecule has 0 saturated heterocycles. The summed E-state index contributed by atoms with van der Waals surface area (Å²) >= 11 is 0. The van der Waals surface area contributed by atoms with Crippen LogP contribution in [0, 0.1) is 23.5 Å². The first-order valence-electron chi connectivity index (χ1n) is 11.9. The van der Waals surface area contributed by atoms with E-state index in [1.54, 1.807) is 12.1 Å². The number of hydrogen-bond donors (Lipinski definition) is 0. The Labute approximate surface area is 207 Å². The van der Waals surface area contributed by atoms with E-state index >= 15 is 0 Å². The number of aryl methyl sites for hydroxylation is 1. The van der Waals surface area contributed by atoms with Crippen molar-refractivity contribution in [1.82, 2.24) is 0 Å². The predicted octanol–water partition coefficient (Wildman–Crippen LogP) is 9.56. The van der Waals surface area contributed by atoms with E-state index in [0.717, 1.165) is 24.3 Å². The van der Waals surface area contributed by atoms with Gasteiger partial charge >= 0.3 is 12.5 Å². The monoisotopic (exact) mass is 522 g/mol. The molecule has 9 heteroatoms. The Morgan fingerprint density at radius 1 is 0.806 bits per heavy atom. The zero-order valence-electron chi connectivity index (χ0n) is 19.4. The van der Waals surface area contributed by atoms with E-state index in [9.17, 15) is 30.7 Å². The van der Waals surface area contributed by atoms with E-state index in [0.29, 0.717) is 5.92 Å². The fourth-order valence-corrected chi connectivity index (χ4v) is 4.55. The Kier molecular flexibility index (Phi) is 10.5. The average Bonchev–Trinajstić information content (AvgIpc) is 2.79. The lowest BCUT2D eigenvalue weighted by Crippen LogP contribution is -2.22. The van der Waals surface area contributed by atoms with E-state index in [-0.39, 0.29) is 19.6 Å². The van der Waals surface area contributed by atoms with Crippen LogP contribution in [0.25, 0.3) is 0 Å². The van der Waals surface area contributed by atoms with Crippen LogP contribution < -0.4 is 9.47 Å². The van der Waals surface area contributed by atoms with Gasteiger partial charge < -0.3 is 9.47 Å². The van der Waals surface area contributed by atoms with Gasteiger partial charge in [0.1, 0.15) is 5.75 Å². The number of unbranched alkanes of at least 4 members (excludes halogenated alkanes) is 1. The molecule has 2 nitrogen and oxygen atoms in total. The molecule has 1 aliphatic carbocycles. The second-order valence-electron chi connectivity index (χ2n) is 9.15. The summed E-state index contributed by atoms with van der Waals surface area (Å²) in [6.07, 6.45) is 1.11. The third-order valence-corrected chi connectivity index (χ3v) is 6.50. The van der Waals surface area contributed by atoms with Gasteiger partial charge in [-0.2, -0.15) is 8.78 Å². The summed E-state index contributed by atoms with van der Waals surface area (Å²) in [5, 5.41) is 0. The van der Waals surface area contributed by atoms with Gasteiger partial charge in [0, 0.05) is 12.1 Å². The Morgan fingerprint density at radius 3 is 1.83 bits per heavy atom. The smallest absolute Gasteiger partial charge is 0.429 e. The molecule has 0 heterocycles. The molecule has 0 aromatic heterocycles. The van der Waals surface area contributed by atoms with Gasteiger partial charge in [-0.3, -0.25) is 0 Å². The Bertz CT molecular complexity index is 927. The van der Waals surface area contributed by atoms with Crippen LogP contribution in [-0.4, -0.2) is 6.36 Å². The van der Waals surface area contributed by atoms with Crippen LogP contribution in [0.1, 0.15) is 76.8 Å². The van der Waals surface area contributed by atoms with Crippen LogP contribution >= 0.6 is 0 Å². The summed E-state index contributed by atoms with van der Waals surface area (Å²) in [6.45, 7) is 2.20. The minimum atomic E-state index is -5.34. The van der Waals surface area contributed by atoms with Gasteiger partial charge in [0.25, 0.3) is 0 Å². The summed E-state index contributed by atoms with van der Waals surface area (Å²) in [5.74, 6) is -4.90. The van der Waals surface area contributed by atoms with Crippen molar-refractivity contribution in [2.75, 3.05) is 0 Å². The number of ether oxygens (including phenoxy) is 2. The molecular weight excluding hydrogens is 489 g/mol. The van der Waals surface area contributed by atoms with E-state index in [1.165, 1.54) is 57.1 Å². The third kappa shape index (κ3) is 8.59. The normalized spacial score (nSPS) is 18.4. The highest BCUT2D eigenvalue weighted by atomic mass is 19.4. The van der Waals surface area contributed by atoms with Crippen molar-refractivity contribution >= 4 is 0 Å². The fourth-order valence-electron chi connectivity index (χ4n) is 4.55. The first-order valence-corrected chi connectivity index (χ1v) is 11.9. The molecule has 1 fully saturated rings. The number of hydrogen-bond acceptors (Lipinski definition) is 2. The topological polar surface area (TPSA) is 18.5 Å². The molecule has 2 aromatic carbocycles. The van der Waals surface area contributed by atoms with Crippen molar-refractivity contribution in [2.45, 2.75) is 84.6 Å². The number of halogens is 7. The van der Waals surface area contributed by atoms with E-state index in [2.05, 4.69) is 16.4 Å². The zero-order valence-corrected chi connectivity index (χ0v) is 19.4. The average molecular weight is 523 g/mol. The van der Waals surface area contributed by atoms with Gasteiger partial charge in [-0.25, -0.2) is 8.78 Å². The van der Waals surface area contributed by atoms with Crippen molar-refractivity contribution in [3.63, 3.8) is 0 Å². The minimum Gasteiger partial charge on any atom is -0.429 e. The Morgan fingerprint density at radius 2 is 1.33 bits per heavy atom. The van der Waals surface area contributed by atoms with Gasteiger partial charge in [-0.1, -0.05) is 71.4 Å². The Balaban J connectivity index is 0.00000456. The maximum Gasteiger partial charge on any atom is 0.573 e. The molecule has 202 valence electrons. The maximum atomic E-state index is 14.5. The van der Waals surface area contributed by atoms with Crippen molar-refractivity contribution in [1.29, 1.82) is 0 Å². The Hall–Kier alpha value is -2.45. The van der Waals surface area contributed by atoms with Crippen LogP contribution in [-0.2, 0) is 12.5 Å². The molecule has 1 aliphatic rings. The molecule has 36 heavy (non-hydrogen) atoms. The van der Waals surface area contributed by atoms with Crippen molar-refractivity contribution < 1.29 is 40.2 Å². The molecule has 0 amide bonds. The maximum absolute atomic E-state index is 14.5. The number of alkyl halides is 5. The second-order valence-corrected chi connectivity index (χ2v) is 9.15. The highest BCUT2D eigenvalue weighted by Crippen LogP contribution is 2.37. The molecule has 0 atom stereocenters. The third-order valence-electron chi connectivity index (χ3n) is 6.50. The lowest BCUT2D eigenvalue weighted by atomic mass is 9.78. The van der Waals surface area contributed by atoms with Crippen molar-refractivity contribution in [3.05, 3.63) is 59.2 Å². The van der Waals surface area contributed by atoms with Crippen LogP contribution in [0.5, 0.6) is 11.5 Å². The van der Waals surface area contributed by atoms with Gasteiger partial charge in [0.15, 0.2) is 11.6 Å². The predicted molar refractivity (Wildman–Crippen MR) is 124 cm³/mol.